The van der Waals surface area contributed by atoms with E-state index in [1.165, 1.54) is 44.0 Å². The molecule has 1 aliphatic heterocycles. The predicted molar refractivity (Wildman–Crippen MR) is 149 cm³/mol. The molecule has 2 heterocycles. The average Bonchev–Trinajstić information content (AvgIpc) is 3.44. The van der Waals surface area contributed by atoms with Crippen LogP contribution in [0.25, 0.3) is 43.8 Å². The lowest BCUT2D eigenvalue weighted by atomic mass is 9.82. The molecule has 37 heavy (non-hydrogen) atoms. The second-order valence-corrected chi connectivity index (χ2v) is 9.77. The van der Waals surface area contributed by atoms with Crippen LogP contribution in [0.3, 0.4) is 0 Å². The first kappa shape index (κ1) is 20.6. The highest BCUT2D eigenvalue weighted by Gasteiger charge is 2.32. The van der Waals surface area contributed by atoms with Gasteiger partial charge in [-0.25, -0.2) is 4.98 Å². The molecule has 0 spiro atoms. The van der Waals surface area contributed by atoms with Gasteiger partial charge in [-0.15, -0.1) is 0 Å². The van der Waals surface area contributed by atoms with E-state index in [2.05, 4.69) is 60.7 Å². The van der Waals surface area contributed by atoms with Crippen LogP contribution >= 0.6 is 0 Å². The van der Waals surface area contributed by atoms with Crippen molar-refractivity contribution in [1.29, 1.82) is 0 Å². The molecule has 1 aromatic heterocycles. The first-order chi connectivity index (χ1) is 18.4. The monoisotopic (exact) mass is 477 g/mol. The molecule has 0 bridgehead atoms. The van der Waals surface area contributed by atoms with Crippen molar-refractivity contribution in [3.05, 3.63) is 114 Å². The van der Waals surface area contributed by atoms with Crippen LogP contribution in [0.2, 0.25) is 0 Å². The molecule has 0 saturated heterocycles. The first-order valence-electron chi connectivity index (χ1n) is 12.9. The lowest BCUT2D eigenvalue weighted by Crippen LogP contribution is -2.05. The maximum absolute atomic E-state index is 6.49. The molecular weight excluding hydrogens is 454 g/mol. The quantitative estimate of drug-likeness (QED) is 0.254. The summed E-state index contributed by atoms with van der Waals surface area (Å²) in [6.07, 6.45) is 5.11. The number of hydrogen-bond acceptors (Lipinski definition) is 3. The Morgan fingerprint density at radius 2 is 1.43 bits per heavy atom. The summed E-state index contributed by atoms with van der Waals surface area (Å²) < 4.78 is 12.9. The highest BCUT2D eigenvalue weighted by molar-refractivity contribution is 6.16. The predicted octanol–water partition coefficient (Wildman–Crippen LogP) is 9.11. The summed E-state index contributed by atoms with van der Waals surface area (Å²) in [5, 5.41) is 4.73. The number of hydrogen-bond donors (Lipinski definition) is 0. The topological polar surface area (TPSA) is 31.4 Å². The number of rotatable bonds is 3. The van der Waals surface area contributed by atoms with Gasteiger partial charge in [0, 0.05) is 22.9 Å². The second-order valence-electron chi connectivity index (χ2n) is 9.77. The van der Waals surface area contributed by atoms with E-state index < -0.39 is 0 Å². The van der Waals surface area contributed by atoms with Gasteiger partial charge < -0.3 is 9.47 Å². The molecule has 0 atom stereocenters. The van der Waals surface area contributed by atoms with Gasteiger partial charge in [-0.2, -0.15) is 0 Å². The summed E-state index contributed by atoms with van der Waals surface area (Å²) in [6, 6.07) is 33.4. The van der Waals surface area contributed by atoms with E-state index >= 15 is 0 Å². The molecule has 0 amide bonds. The van der Waals surface area contributed by atoms with Crippen molar-refractivity contribution >= 4 is 21.5 Å². The number of benzene rings is 5. The van der Waals surface area contributed by atoms with Gasteiger partial charge in [-0.1, -0.05) is 66.7 Å². The number of ether oxygens (including phenoxy) is 2. The highest BCUT2D eigenvalue weighted by atomic mass is 16.5. The molecule has 3 heteroatoms. The molecular formula is C34H23NO2. The summed E-state index contributed by atoms with van der Waals surface area (Å²) in [7, 11) is 0. The van der Waals surface area contributed by atoms with Crippen LogP contribution in [0.1, 0.15) is 17.5 Å². The van der Waals surface area contributed by atoms with E-state index in [9.17, 15) is 0 Å². The minimum atomic E-state index is 0.688. The summed E-state index contributed by atoms with van der Waals surface area (Å²) in [5.74, 6) is 3.27. The molecule has 1 aliphatic carbocycles. The number of para-hydroxylation sites is 2. The molecule has 3 nitrogen and oxygen atoms in total. The molecule has 0 radical (unpaired) electrons. The lowest BCUT2D eigenvalue weighted by molar-refractivity contribution is 0.468. The molecule has 0 fully saturated rings. The molecule has 8 rings (SSSR count). The Morgan fingerprint density at radius 1 is 0.649 bits per heavy atom. The Balaban J connectivity index is 1.46. The van der Waals surface area contributed by atoms with Gasteiger partial charge in [0.1, 0.15) is 17.2 Å². The van der Waals surface area contributed by atoms with Crippen LogP contribution in [0, 0.1) is 0 Å². The normalized spacial score (nSPS) is 13.3. The van der Waals surface area contributed by atoms with Crippen LogP contribution < -0.4 is 9.47 Å². The maximum Gasteiger partial charge on any atom is 0.227 e. The van der Waals surface area contributed by atoms with Crippen LogP contribution in [0.4, 0.5) is 0 Å². The van der Waals surface area contributed by atoms with Gasteiger partial charge in [0.05, 0.1) is 5.39 Å². The fourth-order valence-electron chi connectivity index (χ4n) is 6.24. The van der Waals surface area contributed by atoms with Crippen LogP contribution in [0.5, 0.6) is 23.1 Å². The molecule has 5 aromatic carbocycles. The van der Waals surface area contributed by atoms with Crippen LogP contribution in [-0.4, -0.2) is 4.98 Å². The summed E-state index contributed by atoms with van der Waals surface area (Å²) >= 11 is 0. The Hall–Kier alpha value is -4.63. The third-order valence-corrected chi connectivity index (χ3v) is 7.73. The molecule has 0 N–H and O–H groups in total. The Morgan fingerprint density at radius 3 is 2.35 bits per heavy atom. The van der Waals surface area contributed by atoms with Gasteiger partial charge in [0.2, 0.25) is 5.88 Å². The van der Waals surface area contributed by atoms with Gasteiger partial charge in [0.25, 0.3) is 0 Å². The molecule has 176 valence electrons. The molecule has 0 unspecified atom stereocenters. The second kappa shape index (κ2) is 7.94. The van der Waals surface area contributed by atoms with E-state index in [1.54, 1.807) is 0 Å². The van der Waals surface area contributed by atoms with Crippen molar-refractivity contribution in [3.63, 3.8) is 0 Å². The Bertz CT molecular complexity index is 1860. The van der Waals surface area contributed by atoms with Crippen molar-refractivity contribution in [2.45, 2.75) is 19.3 Å². The van der Waals surface area contributed by atoms with Crippen LogP contribution in [0.15, 0.2) is 103 Å². The standard InChI is InChI=1S/C34H23NO2/c1-2-10-22(11-3-1)36-28-16-7-6-13-26(28)30-24-14-8-15-25(24)32-31-23-12-5-4-9-21(23)17-18-29(31)37-34-33(32)27(30)19-20-35-34/h1-7,9-13,16-20H,8,14-15H2. The number of pyridine rings is 1. The van der Waals surface area contributed by atoms with Crippen molar-refractivity contribution in [3.8, 4) is 45.4 Å². The fourth-order valence-corrected chi connectivity index (χ4v) is 6.24. The Labute approximate surface area is 214 Å². The largest absolute Gasteiger partial charge is 0.457 e. The average molecular weight is 478 g/mol. The maximum atomic E-state index is 6.49. The van der Waals surface area contributed by atoms with E-state index in [-0.39, 0.29) is 0 Å². The minimum Gasteiger partial charge on any atom is -0.457 e. The third kappa shape index (κ3) is 3.04. The minimum absolute atomic E-state index is 0.688. The molecule has 2 aliphatic rings. The summed E-state index contributed by atoms with van der Waals surface area (Å²) in [4.78, 5) is 4.71. The summed E-state index contributed by atoms with van der Waals surface area (Å²) in [5.41, 5.74) is 7.69. The molecule has 6 aromatic rings. The Kier molecular flexibility index (Phi) is 4.41. The van der Waals surface area contributed by atoms with Crippen molar-refractivity contribution in [2.75, 3.05) is 0 Å². The number of nitrogens with zero attached hydrogens (tertiary/aromatic N) is 1. The fraction of sp³-hybridized carbons (Fsp3) is 0.0882. The van der Waals surface area contributed by atoms with Gasteiger partial charge in [0.15, 0.2) is 0 Å². The highest BCUT2D eigenvalue weighted by Crippen LogP contribution is 2.55. The lowest BCUT2D eigenvalue weighted by Gasteiger charge is -2.27. The van der Waals surface area contributed by atoms with E-state index in [1.807, 2.05) is 42.6 Å². The smallest absolute Gasteiger partial charge is 0.227 e. The van der Waals surface area contributed by atoms with Crippen molar-refractivity contribution in [1.82, 2.24) is 4.98 Å². The number of aromatic nitrogens is 1. The van der Waals surface area contributed by atoms with Crippen molar-refractivity contribution in [2.24, 2.45) is 0 Å². The summed E-state index contributed by atoms with van der Waals surface area (Å²) in [6.45, 7) is 0. The first-order valence-corrected chi connectivity index (χ1v) is 12.9. The third-order valence-electron chi connectivity index (χ3n) is 7.73. The van der Waals surface area contributed by atoms with Gasteiger partial charge in [-0.05, 0) is 82.4 Å². The zero-order valence-electron chi connectivity index (χ0n) is 20.2. The zero-order chi connectivity index (χ0) is 24.3. The van der Waals surface area contributed by atoms with E-state index in [0.717, 1.165) is 47.5 Å². The van der Waals surface area contributed by atoms with Gasteiger partial charge >= 0.3 is 0 Å². The SMILES string of the molecule is c1ccc(Oc2ccccc2-c2c3c(c4c5c(nccc25)Oc2ccc5ccccc5c2-4)CCC3)cc1. The number of fused-ring (bicyclic) bond motifs is 6. The van der Waals surface area contributed by atoms with E-state index in [4.69, 9.17) is 14.5 Å². The zero-order valence-corrected chi connectivity index (χ0v) is 20.2. The van der Waals surface area contributed by atoms with Crippen molar-refractivity contribution < 1.29 is 9.47 Å². The van der Waals surface area contributed by atoms with Gasteiger partial charge in [-0.3, -0.25) is 0 Å². The van der Waals surface area contributed by atoms with Crippen LogP contribution in [-0.2, 0) is 12.8 Å². The molecule has 0 saturated carbocycles. The van der Waals surface area contributed by atoms with E-state index in [0.29, 0.717) is 5.88 Å².